The van der Waals surface area contributed by atoms with Crippen molar-refractivity contribution in [2.45, 2.75) is 38.1 Å². The maximum Gasteiger partial charge on any atom is 0.253 e. The highest BCUT2D eigenvalue weighted by Gasteiger charge is 2.06. The smallest absolute Gasteiger partial charge is 0.253 e. The molecule has 0 atom stereocenters. The maximum atomic E-state index is 10.3. The molecule has 0 amide bonds. The first-order valence-electron chi connectivity index (χ1n) is 6.88. The fourth-order valence-corrected chi connectivity index (χ4v) is 2.24. The SMILES string of the molecule is CCCCn1cc[n+](C)c1C.O=S(=O)([O-])c1ccccc1. The molecule has 0 saturated heterocycles. The fourth-order valence-electron chi connectivity index (χ4n) is 1.75. The first-order valence-corrected chi connectivity index (χ1v) is 8.29. The van der Waals surface area contributed by atoms with Crippen molar-refractivity contribution in [3.63, 3.8) is 0 Å². The second kappa shape index (κ2) is 7.95. The van der Waals surface area contributed by atoms with E-state index < -0.39 is 10.1 Å². The van der Waals surface area contributed by atoms with Crippen molar-refractivity contribution in [2.75, 3.05) is 0 Å². The van der Waals surface area contributed by atoms with Crippen molar-refractivity contribution >= 4 is 10.1 Å². The van der Waals surface area contributed by atoms with Crippen LogP contribution < -0.4 is 4.57 Å². The molecule has 0 radical (unpaired) electrons. The Bertz CT molecular complexity index is 649. The predicted molar refractivity (Wildman–Crippen MR) is 79.7 cm³/mol. The highest BCUT2D eigenvalue weighted by Crippen LogP contribution is 2.05. The van der Waals surface area contributed by atoms with Crippen molar-refractivity contribution in [2.24, 2.45) is 7.05 Å². The standard InChI is InChI=1S/C9H17N2.C6H6O3S/c1-4-5-6-11-8-7-10(3)9(11)2;7-10(8,9)6-4-2-1-3-5-6/h7-8H,4-6H2,1-3H3;1-5H,(H,7,8,9)/q+1;/p-1. The van der Waals surface area contributed by atoms with Crippen LogP contribution >= 0.6 is 0 Å². The first-order chi connectivity index (χ1) is 9.86. The average Bonchev–Trinajstić information content (AvgIpc) is 2.77. The molecule has 0 fully saturated rings. The van der Waals surface area contributed by atoms with E-state index in [4.69, 9.17) is 0 Å². The number of aromatic nitrogens is 2. The minimum atomic E-state index is -4.25. The molecule has 2 rings (SSSR count). The Kier molecular flexibility index (Phi) is 6.58. The van der Waals surface area contributed by atoms with E-state index >= 15 is 0 Å². The van der Waals surface area contributed by atoms with E-state index in [-0.39, 0.29) is 4.90 Å². The summed E-state index contributed by atoms with van der Waals surface area (Å²) in [5, 5.41) is 0. The van der Waals surface area contributed by atoms with Gasteiger partial charge in [-0.3, -0.25) is 0 Å². The molecule has 2 aromatic rings. The predicted octanol–water partition coefficient (Wildman–Crippen LogP) is 2.01. The Morgan fingerprint density at radius 1 is 1.24 bits per heavy atom. The molecule has 0 aliphatic rings. The normalized spacial score (nSPS) is 10.9. The van der Waals surface area contributed by atoms with Crippen molar-refractivity contribution in [1.29, 1.82) is 0 Å². The first kappa shape index (κ1) is 17.4. The summed E-state index contributed by atoms with van der Waals surface area (Å²) in [5.41, 5.74) is 0. The van der Waals surface area contributed by atoms with Gasteiger partial charge in [0.25, 0.3) is 5.82 Å². The van der Waals surface area contributed by atoms with Crippen LogP contribution in [-0.2, 0) is 23.7 Å². The molecular formula is C15H22N2O3S. The number of unbranched alkanes of at least 4 members (excludes halogenated alkanes) is 1. The number of nitrogens with zero attached hydrogens (tertiary/aromatic N) is 2. The lowest BCUT2D eigenvalue weighted by molar-refractivity contribution is -0.677. The summed E-state index contributed by atoms with van der Waals surface area (Å²) in [6.07, 6.45) is 6.78. The van der Waals surface area contributed by atoms with Crippen LogP contribution in [-0.4, -0.2) is 17.5 Å². The monoisotopic (exact) mass is 310 g/mol. The molecule has 21 heavy (non-hydrogen) atoms. The molecule has 0 spiro atoms. The van der Waals surface area contributed by atoms with E-state index in [0.29, 0.717) is 0 Å². The van der Waals surface area contributed by atoms with Crippen LogP contribution in [0, 0.1) is 6.92 Å². The van der Waals surface area contributed by atoms with E-state index in [1.807, 2.05) is 0 Å². The molecule has 116 valence electrons. The lowest BCUT2D eigenvalue weighted by Gasteiger charge is -2.04. The van der Waals surface area contributed by atoms with Gasteiger partial charge < -0.3 is 4.55 Å². The van der Waals surface area contributed by atoms with Gasteiger partial charge in [0.05, 0.1) is 18.5 Å². The molecule has 6 heteroatoms. The summed E-state index contributed by atoms with van der Waals surface area (Å²) in [5.74, 6) is 1.33. The van der Waals surface area contributed by atoms with Gasteiger partial charge in [-0.1, -0.05) is 31.5 Å². The van der Waals surface area contributed by atoms with Crippen molar-refractivity contribution < 1.29 is 17.5 Å². The van der Waals surface area contributed by atoms with Gasteiger partial charge in [-0.05, 0) is 18.6 Å². The van der Waals surface area contributed by atoms with Gasteiger partial charge >= 0.3 is 0 Å². The van der Waals surface area contributed by atoms with Crippen LogP contribution in [0.25, 0.3) is 0 Å². The average molecular weight is 310 g/mol. The third kappa shape index (κ3) is 5.69. The molecule has 5 nitrogen and oxygen atoms in total. The number of benzene rings is 1. The quantitative estimate of drug-likeness (QED) is 0.641. The van der Waals surface area contributed by atoms with Crippen LogP contribution in [0.3, 0.4) is 0 Å². The van der Waals surface area contributed by atoms with Gasteiger partial charge in [0.15, 0.2) is 0 Å². The topological polar surface area (TPSA) is 66.0 Å². The summed E-state index contributed by atoms with van der Waals surface area (Å²) < 4.78 is 35.3. The Morgan fingerprint density at radius 2 is 1.86 bits per heavy atom. The minimum Gasteiger partial charge on any atom is -0.744 e. The summed E-state index contributed by atoms with van der Waals surface area (Å²) in [6, 6.07) is 7.19. The molecule has 0 unspecified atom stereocenters. The van der Waals surface area contributed by atoms with Gasteiger partial charge in [-0.15, -0.1) is 0 Å². The number of imidazole rings is 1. The summed E-state index contributed by atoms with van der Waals surface area (Å²) in [4.78, 5) is -0.185. The number of aryl methyl sites for hydroxylation is 2. The molecule has 1 aromatic heterocycles. The third-order valence-corrected chi connectivity index (χ3v) is 4.03. The van der Waals surface area contributed by atoms with Crippen LogP contribution in [0.1, 0.15) is 25.6 Å². The van der Waals surface area contributed by atoms with Crippen molar-refractivity contribution in [1.82, 2.24) is 4.57 Å². The Balaban J connectivity index is 0.000000211. The van der Waals surface area contributed by atoms with E-state index in [9.17, 15) is 13.0 Å². The second-order valence-electron chi connectivity index (χ2n) is 4.77. The molecule has 0 aliphatic carbocycles. The zero-order valence-electron chi connectivity index (χ0n) is 12.7. The Hall–Kier alpha value is -1.66. The zero-order chi connectivity index (χ0) is 15.9. The molecule has 0 saturated carbocycles. The fraction of sp³-hybridized carbons (Fsp3) is 0.400. The number of rotatable bonds is 4. The van der Waals surface area contributed by atoms with Gasteiger partial charge in [0.1, 0.15) is 22.5 Å². The number of hydrogen-bond donors (Lipinski definition) is 0. The summed E-state index contributed by atoms with van der Waals surface area (Å²) in [7, 11) is -2.17. The lowest BCUT2D eigenvalue weighted by Crippen LogP contribution is -2.29. The Labute approximate surface area is 126 Å². The molecular weight excluding hydrogens is 288 g/mol. The second-order valence-corrected chi connectivity index (χ2v) is 6.15. The maximum absolute atomic E-state index is 10.3. The number of hydrogen-bond acceptors (Lipinski definition) is 3. The highest BCUT2D eigenvalue weighted by atomic mass is 32.2. The third-order valence-electron chi connectivity index (χ3n) is 3.18. The van der Waals surface area contributed by atoms with Crippen molar-refractivity contribution in [3.8, 4) is 0 Å². The van der Waals surface area contributed by atoms with E-state index in [1.54, 1.807) is 6.07 Å². The Morgan fingerprint density at radius 3 is 2.24 bits per heavy atom. The summed E-state index contributed by atoms with van der Waals surface area (Å²) >= 11 is 0. The van der Waals surface area contributed by atoms with Crippen LogP contribution in [0.2, 0.25) is 0 Å². The molecule has 0 aliphatic heterocycles. The summed E-state index contributed by atoms with van der Waals surface area (Å²) in [6.45, 7) is 5.53. The van der Waals surface area contributed by atoms with Crippen LogP contribution in [0.5, 0.6) is 0 Å². The van der Waals surface area contributed by atoms with E-state index in [0.717, 1.165) is 6.54 Å². The van der Waals surface area contributed by atoms with Gasteiger partial charge in [0.2, 0.25) is 0 Å². The van der Waals surface area contributed by atoms with Gasteiger partial charge in [0, 0.05) is 6.92 Å². The van der Waals surface area contributed by atoms with Crippen LogP contribution in [0.15, 0.2) is 47.6 Å². The van der Waals surface area contributed by atoms with E-state index in [1.165, 1.54) is 42.9 Å². The van der Waals surface area contributed by atoms with Crippen molar-refractivity contribution in [3.05, 3.63) is 48.5 Å². The highest BCUT2D eigenvalue weighted by molar-refractivity contribution is 7.85. The lowest BCUT2D eigenvalue weighted by atomic mass is 10.3. The minimum absolute atomic E-state index is 0.185. The zero-order valence-corrected chi connectivity index (χ0v) is 13.5. The van der Waals surface area contributed by atoms with Crippen LogP contribution in [0.4, 0.5) is 0 Å². The van der Waals surface area contributed by atoms with Gasteiger partial charge in [-0.2, -0.15) is 0 Å². The van der Waals surface area contributed by atoms with Gasteiger partial charge in [-0.25, -0.2) is 17.6 Å². The largest absolute Gasteiger partial charge is 0.744 e. The molecule has 0 bridgehead atoms. The molecule has 1 heterocycles. The molecule has 1 aromatic carbocycles. The molecule has 0 N–H and O–H groups in total. The van der Waals surface area contributed by atoms with E-state index in [2.05, 4.69) is 42.4 Å².